The van der Waals surface area contributed by atoms with Gasteiger partial charge in [0.25, 0.3) is 0 Å². The lowest BCUT2D eigenvalue weighted by Gasteiger charge is -2.50. The fraction of sp³-hybridized carbons (Fsp3) is 0.667. The van der Waals surface area contributed by atoms with Gasteiger partial charge in [0.2, 0.25) is 0 Å². The molecule has 5 rings (SSSR count). The molecule has 0 heterocycles. The van der Waals surface area contributed by atoms with Crippen LogP contribution in [0.5, 0.6) is 0 Å². The summed E-state index contributed by atoms with van der Waals surface area (Å²) in [7, 11) is 0. The van der Waals surface area contributed by atoms with E-state index in [0.717, 1.165) is 45.3 Å². The first-order valence-electron chi connectivity index (χ1n) is 14.9. The van der Waals surface area contributed by atoms with Gasteiger partial charge in [-0.25, -0.2) is 0 Å². The fourth-order valence-electron chi connectivity index (χ4n) is 7.25. The van der Waals surface area contributed by atoms with Crippen molar-refractivity contribution in [1.82, 2.24) is 0 Å². The maximum atomic E-state index is 12.5. The number of benzene rings is 1. The van der Waals surface area contributed by atoms with Gasteiger partial charge in [-0.15, -0.1) is 0 Å². The van der Waals surface area contributed by atoms with Crippen LogP contribution >= 0.6 is 0 Å². The van der Waals surface area contributed by atoms with Gasteiger partial charge in [0.05, 0.1) is 18.8 Å². The van der Waals surface area contributed by atoms with Crippen LogP contribution in [0.4, 0.5) is 0 Å². The normalized spacial score (nSPS) is 31.0. The molecule has 218 valence electrons. The standard InChI is InChI=1S/C25H30O2.C6H14O2.C2H6O2/c1-24-13-11-20-19-12-14-25(27,15-17-5-3-2-4-6-17)16-18(19)7-8-21(20)22(24)9-10-23(24)26;1-4-7-6(3)8-5-2;3-1-2-4/h2-6,12,16,20-22,27H,7-11,13-15H2,1H3;6H,4-5H2,1-3H3;3-4H,1-2H2/t20-,21-,22+,24+,25?;;/m1../s1. The molecule has 0 aliphatic heterocycles. The van der Waals surface area contributed by atoms with Gasteiger partial charge in [0.1, 0.15) is 5.78 Å². The summed E-state index contributed by atoms with van der Waals surface area (Å²) < 4.78 is 10.1. The molecule has 0 saturated heterocycles. The predicted molar refractivity (Wildman–Crippen MR) is 154 cm³/mol. The minimum Gasteiger partial charge on any atom is -0.394 e. The van der Waals surface area contributed by atoms with Gasteiger partial charge >= 0.3 is 0 Å². The zero-order chi connectivity index (χ0) is 28.5. The highest BCUT2D eigenvalue weighted by atomic mass is 16.7. The number of Topliss-reactive ketones (excluding diaryl/α,β-unsaturated/α-hetero) is 1. The van der Waals surface area contributed by atoms with Crippen molar-refractivity contribution in [2.24, 2.45) is 23.2 Å². The highest BCUT2D eigenvalue weighted by molar-refractivity contribution is 5.87. The third kappa shape index (κ3) is 7.89. The van der Waals surface area contributed by atoms with E-state index in [4.69, 9.17) is 19.7 Å². The van der Waals surface area contributed by atoms with Crippen LogP contribution in [0.1, 0.15) is 78.2 Å². The van der Waals surface area contributed by atoms with E-state index in [0.29, 0.717) is 36.4 Å². The Bertz CT molecular complexity index is 964. The summed E-state index contributed by atoms with van der Waals surface area (Å²) in [5.41, 5.74) is 3.28. The highest BCUT2D eigenvalue weighted by Crippen LogP contribution is 2.60. The second-order valence-corrected chi connectivity index (χ2v) is 11.6. The van der Waals surface area contributed by atoms with E-state index in [1.807, 2.05) is 39.0 Å². The number of carbonyl (C=O) groups excluding carboxylic acids is 1. The number of fused-ring (bicyclic) bond motifs is 5. The molecule has 3 fully saturated rings. The average Bonchev–Trinajstić information content (AvgIpc) is 3.23. The molecule has 6 heteroatoms. The van der Waals surface area contributed by atoms with Crippen LogP contribution in [0.2, 0.25) is 0 Å². The van der Waals surface area contributed by atoms with Crippen LogP contribution in [0.25, 0.3) is 0 Å². The zero-order valence-corrected chi connectivity index (χ0v) is 24.4. The van der Waals surface area contributed by atoms with Crippen LogP contribution in [0.15, 0.2) is 53.6 Å². The maximum absolute atomic E-state index is 12.5. The molecular weight excluding hydrogens is 492 g/mol. The molecule has 4 aliphatic carbocycles. The van der Waals surface area contributed by atoms with Crippen molar-refractivity contribution in [3.05, 3.63) is 59.2 Å². The number of hydrogen-bond donors (Lipinski definition) is 3. The third-order valence-corrected chi connectivity index (χ3v) is 9.04. The first-order chi connectivity index (χ1) is 18.7. The second-order valence-electron chi connectivity index (χ2n) is 11.6. The predicted octanol–water partition coefficient (Wildman–Crippen LogP) is 5.40. The summed E-state index contributed by atoms with van der Waals surface area (Å²) in [4.78, 5) is 12.5. The molecule has 1 unspecified atom stereocenters. The van der Waals surface area contributed by atoms with Crippen molar-refractivity contribution in [2.75, 3.05) is 26.4 Å². The van der Waals surface area contributed by atoms with Gasteiger partial charge in [-0.3, -0.25) is 4.79 Å². The number of aliphatic hydroxyl groups excluding tert-OH is 2. The lowest BCUT2D eigenvalue weighted by atomic mass is 9.54. The van der Waals surface area contributed by atoms with Gasteiger partial charge in [-0.1, -0.05) is 43.3 Å². The molecule has 0 spiro atoms. The molecule has 0 bridgehead atoms. The van der Waals surface area contributed by atoms with Gasteiger partial charge < -0.3 is 24.8 Å². The number of hydrogen-bond acceptors (Lipinski definition) is 6. The molecule has 3 N–H and O–H groups in total. The summed E-state index contributed by atoms with van der Waals surface area (Å²) in [6.45, 7) is 9.24. The Morgan fingerprint density at radius 3 is 2.28 bits per heavy atom. The quantitative estimate of drug-likeness (QED) is 0.400. The lowest BCUT2D eigenvalue weighted by Crippen LogP contribution is -2.44. The van der Waals surface area contributed by atoms with Crippen molar-refractivity contribution >= 4 is 5.78 Å². The minimum atomic E-state index is -0.750. The Balaban J connectivity index is 0.000000297. The summed E-state index contributed by atoms with van der Waals surface area (Å²) in [6, 6.07) is 10.3. The smallest absolute Gasteiger partial charge is 0.154 e. The van der Waals surface area contributed by atoms with E-state index in [-0.39, 0.29) is 24.9 Å². The third-order valence-electron chi connectivity index (χ3n) is 9.04. The number of ether oxygens (including phenoxy) is 2. The molecule has 3 saturated carbocycles. The van der Waals surface area contributed by atoms with Crippen LogP contribution in [-0.4, -0.2) is 59.4 Å². The molecule has 0 amide bonds. The topological polar surface area (TPSA) is 96.2 Å². The van der Waals surface area contributed by atoms with E-state index in [9.17, 15) is 9.90 Å². The molecular formula is C33H50O6. The Morgan fingerprint density at radius 1 is 1.00 bits per heavy atom. The van der Waals surface area contributed by atoms with Crippen LogP contribution in [0, 0.1) is 23.2 Å². The number of carbonyl (C=O) groups is 1. The molecule has 1 aromatic rings. The summed E-state index contributed by atoms with van der Waals surface area (Å²) in [5.74, 6) is 2.37. The Hall–Kier alpha value is -1.83. The van der Waals surface area contributed by atoms with Crippen molar-refractivity contribution in [1.29, 1.82) is 0 Å². The Morgan fingerprint density at radius 2 is 1.67 bits per heavy atom. The largest absolute Gasteiger partial charge is 0.394 e. The molecule has 39 heavy (non-hydrogen) atoms. The Kier molecular flexibility index (Phi) is 11.9. The van der Waals surface area contributed by atoms with Crippen molar-refractivity contribution in [3.63, 3.8) is 0 Å². The zero-order valence-electron chi connectivity index (χ0n) is 24.4. The molecule has 4 aliphatic rings. The van der Waals surface area contributed by atoms with Crippen LogP contribution in [-0.2, 0) is 20.7 Å². The first-order valence-corrected chi connectivity index (χ1v) is 14.9. The number of rotatable bonds is 7. The van der Waals surface area contributed by atoms with E-state index in [2.05, 4.69) is 31.2 Å². The van der Waals surface area contributed by atoms with Gasteiger partial charge in [-0.2, -0.15) is 0 Å². The minimum absolute atomic E-state index is 0.0370. The van der Waals surface area contributed by atoms with E-state index in [1.165, 1.54) is 23.1 Å². The fourth-order valence-corrected chi connectivity index (χ4v) is 7.25. The van der Waals surface area contributed by atoms with Gasteiger partial charge in [-0.05, 0) is 99.8 Å². The maximum Gasteiger partial charge on any atom is 0.154 e. The first kappa shape index (κ1) is 31.7. The van der Waals surface area contributed by atoms with Crippen molar-refractivity contribution in [2.45, 2.75) is 91.0 Å². The monoisotopic (exact) mass is 542 g/mol. The summed E-state index contributed by atoms with van der Waals surface area (Å²) in [5, 5.41) is 26.5. The van der Waals surface area contributed by atoms with Crippen molar-refractivity contribution in [3.8, 4) is 0 Å². The van der Waals surface area contributed by atoms with Crippen LogP contribution < -0.4 is 0 Å². The van der Waals surface area contributed by atoms with E-state index >= 15 is 0 Å². The van der Waals surface area contributed by atoms with Gasteiger partial charge in [0.15, 0.2) is 6.29 Å². The molecule has 0 radical (unpaired) electrons. The number of aliphatic hydroxyl groups is 3. The van der Waals surface area contributed by atoms with Crippen LogP contribution in [0.3, 0.4) is 0 Å². The molecule has 5 atom stereocenters. The highest BCUT2D eigenvalue weighted by Gasteiger charge is 2.55. The average molecular weight is 543 g/mol. The van der Waals surface area contributed by atoms with Crippen molar-refractivity contribution < 1.29 is 29.6 Å². The van der Waals surface area contributed by atoms with E-state index in [1.54, 1.807) is 0 Å². The second kappa shape index (κ2) is 14.7. The molecule has 6 nitrogen and oxygen atoms in total. The lowest BCUT2D eigenvalue weighted by molar-refractivity contribution is -0.129. The van der Waals surface area contributed by atoms with E-state index < -0.39 is 5.60 Å². The number of ketones is 1. The number of allylic oxidation sites excluding steroid dienone is 2. The SMILES string of the molecule is CCOC(C)OCC.C[C@]12CC[C@@H]3C4=CCC(O)(Cc5ccccc5)C=C4CC[C@H]3[C@@H]1CCC2=O.OCCO. The van der Waals surface area contributed by atoms with Gasteiger partial charge in [0, 0.05) is 31.5 Å². The molecule has 1 aromatic carbocycles. The Labute approximate surface area is 235 Å². The summed E-state index contributed by atoms with van der Waals surface area (Å²) >= 11 is 0. The molecule has 0 aromatic heterocycles. The summed E-state index contributed by atoms with van der Waals surface area (Å²) in [6.07, 6.45) is 12.2.